The van der Waals surface area contributed by atoms with Crippen molar-refractivity contribution in [3.63, 3.8) is 0 Å². The van der Waals surface area contributed by atoms with E-state index in [4.69, 9.17) is 9.47 Å². The van der Waals surface area contributed by atoms with Crippen LogP contribution >= 0.6 is 0 Å². The Kier molecular flexibility index (Phi) is 3.06. The van der Waals surface area contributed by atoms with Crippen molar-refractivity contribution in [3.8, 4) is 11.5 Å². The number of carbonyl (C=O) groups excluding carboxylic acids is 1. The van der Waals surface area contributed by atoms with Crippen molar-refractivity contribution in [2.24, 2.45) is 4.99 Å². The molecule has 0 aliphatic heterocycles. The van der Waals surface area contributed by atoms with Crippen molar-refractivity contribution >= 4 is 11.8 Å². The van der Waals surface area contributed by atoms with Crippen LogP contribution in [0.25, 0.3) is 0 Å². The summed E-state index contributed by atoms with van der Waals surface area (Å²) in [6, 6.07) is 5.00. The van der Waals surface area contributed by atoms with Crippen molar-refractivity contribution in [1.29, 1.82) is 0 Å². The zero-order chi connectivity index (χ0) is 9.68. The van der Waals surface area contributed by atoms with Gasteiger partial charge in [0, 0.05) is 6.07 Å². The van der Waals surface area contributed by atoms with Gasteiger partial charge in [-0.25, -0.2) is 4.79 Å². The van der Waals surface area contributed by atoms with Crippen LogP contribution < -0.4 is 9.47 Å². The fourth-order valence-corrected chi connectivity index (χ4v) is 0.933. The van der Waals surface area contributed by atoms with Crippen molar-refractivity contribution in [3.05, 3.63) is 18.2 Å². The Labute approximate surface area is 75.8 Å². The summed E-state index contributed by atoms with van der Waals surface area (Å²) in [6.45, 7) is 0. The van der Waals surface area contributed by atoms with E-state index in [0.717, 1.165) is 0 Å². The third kappa shape index (κ3) is 2.07. The van der Waals surface area contributed by atoms with E-state index in [1.165, 1.54) is 20.3 Å². The normalized spacial score (nSPS) is 8.77. The number of benzene rings is 1. The second-order valence-electron chi connectivity index (χ2n) is 2.24. The molecule has 0 fully saturated rings. The van der Waals surface area contributed by atoms with E-state index in [1.54, 1.807) is 18.2 Å². The molecule has 4 nitrogen and oxygen atoms in total. The van der Waals surface area contributed by atoms with Gasteiger partial charge in [-0.05, 0) is 12.1 Å². The van der Waals surface area contributed by atoms with Crippen LogP contribution in [0.1, 0.15) is 0 Å². The molecule has 0 aliphatic rings. The molecule has 0 spiro atoms. The predicted octanol–water partition coefficient (Wildman–Crippen LogP) is 1.67. The van der Waals surface area contributed by atoms with E-state index in [1.807, 2.05) is 0 Å². The molecule has 0 N–H and O–H groups in total. The molecule has 0 radical (unpaired) electrons. The highest BCUT2D eigenvalue weighted by atomic mass is 16.5. The van der Waals surface area contributed by atoms with Crippen LogP contribution in [0, 0.1) is 0 Å². The third-order valence-corrected chi connectivity index (χ3v) is 1.55. The summed E-state index contributed by atoms with van der Waals surface area (Å²) in [7, 11) is 3.04. The molecule has 0 aromatic heterocycles. The molecule has 0 heterocycles. The SMILES string of the molecule is COc1ccc(OC)c(N=C=O)c1. The topological polar surface area (TPSA) is 47.9 Å². The van der Waals surface area contributed by atoms with Crippen molar-refractivity contribution in [2.75, 3.05) is 14.2 Å². The lowest BCUT2D eigenvalue weighted by Crippen LogP contribution is -1.86. The largest absolute Gasteiger partial charge is 0.497 e. The van der Waals surface area contributed by atoms with Crippen molar-refractivity contribution < 1.29 is 14.3 Å². The van der Waals surface area contributed by atoms with Gasteiger partial charge in [0.1, 0.15) is 17.2 Å². The first-order valence-corrected chi connectivity index (χ1v) is 3.61. The Bertz CT molecular complexity index is 343. The van der Waals surface area contributed by atoms with E-state index < -0.39 is 0 Å². The quantitative estimate of drug-likeness (QED) is 0.523. The summed E-state index contributed by atoms with van der Waals surface area (Å²) in [6.07, 6.45) is 1.45. The Hall–Kier alpha value is -1.80. The van der Waals surface area contributed by atoms with Crippen LogP contribution in [0.5, 0.6) is 11.5 Å². The number of isocyanates is 1. The number of ether oxygens (including phenoxy) is 2. The fraction of sp³-hybridized carbons (Fsp3) is 0.222. The minimum atomic E-state index is 0.414. The Morgan fingerprint density at radius 3 is 2.62 bits per heavy atom. The first-order valence-electron chi connectivity index (χ1n) is 3.61. The first-order chi connectivity index (χ1) is 6.31. The Morgan fingerprint density at radius 1 is 1.31 bits per heavy atom. The molecule has 4 heteroatoms. The van der Waals surface area contributed by atoms with Gasteiger partial charge in [-0.2, -0.15) is 4.99 Å². The van der Waals surface area contributed by atoms with Gasteiger partial charge in [-0.3, -0.25) is 0 Å². The summed E-state index contributed by atoms with van der Waals surface area (Å²) in [5.74, 6) is 1.14. The molecule has 0 saturated carbocycles. The molecule has 1 rings (SSSR count). The van der Waals surface area contributed by atoms with E-state index in [2.05, 4.69) is 4.99 Å². The molecular weight excluding hydrogens is 170 g/mol. The molecule has 0 amide bonds. The zero-order valence-corrected chi connectivity index (χ0v) is 7.40. The molecule has 13 heavy (non-hydrogen) atoms. The Morgan fingerprint density at radius 2 is 2.08 bits per heavy atom. The minimum absolute atomic E-state index is 0.414. The van der Waals surface area contributed by atoms with Crippen LogP contribution in [-0.4, -0.2) is 20.3 Å². The molecule has 0 aliphatic carbocycles. The lowest BCUT2D eigenvalue weighted by atomic mass is 10.3. The predicted molar refractivity (Wildman–Crippen MR) is 47.3 cm³/mol. The van der Waals surface area contributed by atoms with Gasteiger partial charge < -0.3 is 9.47 Å². The van der Waals surface area contributed by atoms with Crippen LogP contribution in [-0.2, 0) is 4.79 Å². The summed E-state index contributed by atoms with van der Waals surface area (Å²) in [4.78, 5) is 13.5. The summed E-state index contributed by atoms with van der Waals surface area (Å²) in [5.41, 5.74) is 0.414. The highest BCUT2D eigenvalue weighted by Gasteiger charge is 2.02. The maximum atomic E-state index is 10.1. The van der Waals surface area contributed by atoms with Crippen LogP contribution in [0.3, 0.4) is 0 Å². The highest BCUT2D eigenvalue weighted by Crippen LogP contribution is 2.30. The average molecular weight is 179 g/mol. The number of hydrogen-bond acceptors (Lipinski definition) is 4. The van der Waals surface area contributed by atoms with Gasteiger partial charge in [0.25, 0.3) is 0 Å². The molecule has 68 valence electrons. The molecule has 0 saturated heterocycles. The molecular formula is C9H9NO3. The summed E-state index contributed by atoms with van der Waals surface area (Å²) in [5, 5.41) is 0. The maximum Gasteiger partial charge on any atom is 0.240 e. The van der Waals surface area contributed by atoms with Crippen LogP contribution in [0.2, 0.25) is 0 Å². The summed E-state index contributed by atoms with van der Waals surface area (Å²) < 4.78 is 9.92. The van der Waals surface area contributed by atoms with E-state index in [0.29, 0.717) is 17.2 Å². The van der Waals surface area contributed by atoms with Gasteiger partial charge in [-0.15, -0.1) is 0 Å². The van der Waals surface area contributed by atoms with Crippen LogP contribution in [0.15, 0.2) is 23.2 Å². The molecule has 0 atom stereocenters. The third-order valence-electron chi connectivity index (χ3n) is 1.55. The Balaban J connectivity index is 3.17. The van der Waals surface area contributed by atoms with Gasteiger partial charge in [0.2, 0.25) is 6.08 Å². The fourth-order valence-electron chi connectivity index (χ4n) is 0.933. The molecule has 1 aromatic rings. The molecule has 0 unspecified atom stereocenters. The summed E-state index contributed by atoms with van der Waals surface area (Å²) >= 11 is 0. The van der Waals surface area contributed by atoms with Gasteiger partial charge in [-0.1, -0.05) is 0 Å². The van der Waals surface area contributed by atoms with Crippen LogP contribution in [0.4, 0.5) is 5.69 Å². The zero-order valence-electron chi connectivity index (χ0n) is 7.40. The molecule has 0 bridgehead atoms. The van der Waals surface area contributed by atoms with Crippen molar-refractivity contribution in [1.82, 2.24) is 0 Å². The van der Waals surface area contributed by atoms with Gasteiger partial charge in [0.15, 0.2) is 0 Å². The van der Waals surface area contributed by atoms with Gasteiger partial charge in [0.05, 0.1) is 14.2 Å². The van der Waals surface area contributed by atoms with E-state index in [9.17, 15) is 4.79 Å². The number of methoxy groups -OCH3 is 2. The number of hydrogen-bond donors (Lipinski definition) is 0. The van der Waals surface area contributed by atoms with E-state index >= 15 is 0 Å². The standard InChI is InChI=1S/C9H9NO3/c1-12-7-3-4-9(13-2)8(5-7)10-6-11/h3-5H,1-2H3. The second kappa shape index (κ2) is 4.28. The smallest absolute Gasteiger partial charge is 0.240 e. The minimum Gasteiger partial charge on any atom is -0.497 e. The lowest BCUT2D eigenvalue weighted by molar-refractivity contribution is 0.404. The van der Waals surface area contributed by atoms with Crippen molar-refractivity contribution in [2.45, 2.75) is 0 Å². The number of rotatable bonds is 3. The average Bonchev–Trinajstić information content (AvgIpc) is 2.18. The highest BCUT2D eigenvalue weighted by molar-refractivity contribution is 5.60. The molecule has 1 aromatic carbocycles. The maximum absolute atomic E-state index is 10.1. The number of aliphatic imine (C=N–C) groups is 1. The van der Waals surface area contributed by atoms with E-state index in [-0.39, 0.29) is 0 Å². The monoisotopic (exact) mass is 179 g/mol. The lowest BCUT2D eigenvalue weighted by Gasteiger charge is -2.04. The number of nitrogens with zero attached hydrogens (tertiary/aromatic N) is 1. The first kappa shape index (κ1) is 9.29. The van der Waals surface area contributed by atoms with Gasteiger partial charge >= 0.3 is 0 Å². The second-order valence-corrected chi connectivity index (χ2v) is 2.24.